The first kappa shape index (κ1) is 22.2. The van der Waals surface area contributed by atoms with E-state index in [2.05, 4.69) is 41.6 Å². The molecule has 1 aliphatic carbocycles. The minimum absolute atomic E-state index is 0.300. The molecule has 0 saturated heterocycles. The molecule has 1 aliphatic heterocycles. The molecule has 2 aliphatic rings. The fourth-order valence-corrected chi connectivity index (χ4v) is 5.05. The highest BCUT2D eigenvalue weighted by atomic mass is 16.6. The number of benzene rings is 3. The number of hydrogen-bond donors (Lipinski definition) is 0. The van der Waals surface area contributed by atoms with Crippen LogP contribution in [0.3, 0.4) is 0 Å². The van der Waals surface area contributed by atoms with E-state index in [9.17, 15) is 0 Å². The van der Waals surface area contributed by atoms with Crippen molar-refractivity contribution in [2.45, 2.75) is 44.6 Å². The first-order chi connectivity index (χ1) is 16.7. The van der Waals surface area contributed by atoms with Crippen LogP contribution in [0.5, 0.6) is 17.2 Å². The van der Waals surface area contributed by atoms with E-state index in [4.69, 9.17) is 19.3 Å². The van der Waals surface area contributed by atoms with Crippen LogP contribution in [0.25, 0.3) is 0 Å². The summed E-state index contributed by atoms with van der Waals surface area (Å²) < 4.78 is 11.3. The van der Waals surface area contributed by atoms with Gasteiger partial charge in [-0.3, -0.25) is 4.99 Å². The predicted molar refractivity (Wildman–Crippen MR) is 136 cm³/mol. The molecule has 2 atom stereocenters. The molecule has 174 valence electrons. The summed E-state index contributed by atoms with van der Waals surface area (Å²) in [5, 5.41) is 4.35. The Morgan fingerprint density at radius 2 is 1.65 bits per heavy atom. The normalized spacial score (nSPS) is 19.5. The molecule has 1 saturated carbocycles. The molecule has 3 aromatic rings. The van der Waals surface area contributed by atoms with Gasteiger partial charge in [0, 0.05) is 17.0 Å². The van der Waals surface area contributed by atoms with E-state index in [1.54, 1.807) is 14.2 Å². The Labute approximate surface area is 201 Å². The van der Waals surface area contributed by atoms with Crippen molar-refractivity contribution in [3.8, 4) is 17.2 Å². The summed E-state index contributed by atoms with van der Waals surface area (Å²) in [5.41, 5.74) is 6.35. The van der Waals surface area contributed by atoms with Crippen LogP contribution in [-0.4, -0.2) is 31.7 Å². The van der Waals surface area contributed by atoms with Gasteiger partial charge in [0.2, 0.25) is 0 Å². The number of para-hydroxylation sites is 1. The monoisotopic (exact) mass is 454 g/mol. The highest BCUT2D eigenvalue weighted by Gasteiger charge is 2.34. The van der Waals surface area contributed by atoms with Gasteiger partial charge in [0.25, 0.3) is 0 Å². The summed E-state index contributed by atoms with van der Waals surface area (Å²) in [6.45, 7) is 1.96. The first-order valence-electron chi connectivity index (χ1n) is 11.9. The summed E-state index contributed by atoms with van der Waals surface area (Å²) in [4.78, 5) is 10.9. The minimum atomic E-state index is 0.300. The number of nitrogens with zero attached hydrogens (tertiary/aromatic N) is 2. The van der Waals surface area contributed by atoms with Crippen molar-refractivity contribution in [3.05, 3.63) is 89.0 Å². The molecule has 0 N–H and O–H groups in total. The van der Waals surface area contributed by atoms with Gasteiger partial charge >= 0.3 is 0 Å². The van der Waals surface area contributed by atoms with Gasteiger partial charge in [-0.05, 0) is 61.2 Å². The standard InChI is InChI=1S/C29H30N2O3/c1-19(31-34-22-12-5-4-6-13-22)20-10-9-11-21(16-20)29-25-18-28(33-3)27(32-2)17-24(25)23-14-7-8-15-26(23)30-29/h4-6,9-13,16-18,23,26H,7-8,14-15H2,1-3H3/t23-,26-/m1/s1. The maximum absolute atomic E-state index is 5.64. The molecule has 5 heteroatoms. The highest BCUT2D eigenvalue weighted by molar-refractivity contribution is 6.16. The first-order valence-corrected chi connectivity index (χ1v) is 11.9. The minimum Gasteiger partial charge on any atom is -0.493 e. The average molecular weight is 455 g/mol. The summed E-state index contributed by atoms with van der Waals surface area (Å²) in [6.07, 6.45) is 4.75. The van der Waals surface area contributed by atoms with Crippen molar-refractivity contribution in [2.75, 3.05) is 14.2 Å². The molecule has 1 fully saturated rings. The molecular formula is C29H30N2O3. The smallest absolute Gasteiger partial charge is 0.161 e. The van der Waals surface area contributed by atoms with E-state index in [1.807, 2.05) is 37.3 Å². The number of oxime groups is 1. The Balaban J connectivity index is 1.54. The van der Waals surface area contributed by atoms with Crippen LogP contribution in [0.2, 0.25) is 0 Å². The number of hydrogen-bond acceptors (Lipinski definition) is 5. The second-order valence-corrected chi connectivity index (χ2v) is 8.89. The fraction of sp³-hybridized carbons (Fsp3) is 0.310. The van der Waals surface area contributed by atoms with Crippen LogP contribution in [0.4, 0.5) is 0 Å². The Morgan fingerprint density at radius 3 is 2.44 bits per heavy atom. The van der Waals surface area contributed by atoms with Crippen LogP contribution in [0.15, 0.2) is 76.9 Å². The van der Waals surface area contributed by atoms with Crippen LogP contribution in [0, 0.1) is 0 Å². The van der Waals surface area contributed by atoms with Crippen LogP contribution in [-0.2, 0) is 0 Å². The third-order valence-corrected chi connectivity index (χ3v) is 6.82. The number of ether oxygens (including phenoxy) is 2. The van der Waals surface area contributed by atoms with Crippen molar-refractivity contribution in [1.29, 1.82) is 0 Å². The van der Waals surface area contributed by atoms with Gasteiger partial charge in [-0.1, -0.05) is 54.4 Å². The van der Waals surface area contributed by atoms with Crippen molar-refractivity contribution in [2.24, 2.45) is 10.1 Å². The lowest BCUT2D eigenvalue weighted by atomic mass is 9.75. The SMILES string of the molecule is COc1cc2c(cc1OC)[C@H]1CCCC[C@H]1N=C2c1cccc(C(C)=NOc2ccccc2)c1. The zero-order valence-corrected chi connectivity index (χ0v) is 20.0. The lowest BCUT2D eigenvalue weighted by Gasteiger charge is -2.35. The number of rotatable bonds is 6. The summed E-state index contributed by atoms with van der Waals surface area (Å²) in [7, 11) is 3.38. The number of fused-ring (bicyclic) bond motifs is 3. The Bertz CT molecular complexity index is 1230. The third kappa shape index (κ3) is 4.30. The molecule has 0 unspecified atom stereocenters. The quantitative estimate of drug-likeness (QED) is 0.321. The predicted octanol–water partition coefficient (Wildman–Crippen LogP) is 6.38. The number of aliphatic imine (C=N–C) groups is 1. The van der Waals surface area contributed by atoms with Gasteiger partial charge in [-0.2, -0.15) is 0 Å². The second-order valence-electron chi connectivity index (χ2n) is 8.89. The molecule has 3 aromatic carbocycles. The van der Waals surface area contributed by atoms with Gasteiger partial charge in [-0.25, -0.2) is 0 Å². The van der Waals surface area contributed by atoms with E-state index in [0.29, 0.717) is 17.7 Å². The molecule has 0 amide bonds. The van der Waals surface area contributed by atoms with Crippen molar-refractivity contribution >= 4 is 11.4 Å². The second kappa shape index (κ2) is 9.72. The van der Waals surface area contributed by atoms with Crippen molar-refractivity contribution in [1.82, 2.24) is 0 Å². The van der Waals surface area contributed by atoms with Crippen molar-refractivity contribution in [3.63, 3.8) is 0 Å². The molecule has 0 aromatic heterocycles. The van der Waals surface area contributed by atoms with E-state index in [1.165, 1.54) is 18.4 Å². The molecule has 5 nitrogen and oxygen atoms in total. The van der Waals surface area contributed by atoms with Gasteiger partial charge in [0.1, 0.15) is 0 Å². The zero-order valence-electron chi connectivity index (χ0n) is 20.0. The summed E-state index contributed by atoms with van der Waals surface area (Å²) in [5.74, 6) is 2.65. The maximum atomic E-state index is 5.64. The molecule has 1 heterocycles. The molecule has 0 spiro atoms. The Morgan fingerprint density at radius 1 is 0.882 bits per heavy atom. The lowest BCUT2D eigenvalue weighted by Crippen LogP contribution is -2.29. The van der Waals surface area contributed by atoms with E-state index < -0.39 is 0 Å². The largest absolute Gasteiger partial charge is 0.493 e. The van der Waals surface area contributed by atoms with Gasteiger partial charge in [0.15, 0.2) is 17.2 Å². The van der Waals surface area contributed by atoms with Gasteiger partial charge < -0.3 is 14.3 Å². The third-order valence-electron chi connectivity index (χ3n) is 6.82. The topological polar surface area (TPSA) is 52.4 Å². The molecule has 34 heavy (non-hydrogen) atoms. The summed E-state index contributed by atoms with van der Waals surface area (Å²) >= 11 is 0. The van der Waals surface area contributed by atoms with Crippen LogP contribution >= 0.6 is 0 Å². The maximum Gasteiger partial charge on any atom is 0.161 e. The Hall–Kier alpha value is -3.60. The van der Waals surface area contributed by atoms with Gasteiger partial charge in [-0.15, -0.1) is 0 Å². The van der Waals surface area contributed by atoms with Gasteiger partial charge in [0.05, 0.1) is 31.7 Å². The Kier molecular flexibility index (Phi) is 6.35. The van der Waals surface area contributed by atoms with Crippen LogP contribution < -0.4 is 14.3 Å². The average Bonchev–Trinajstić information content (AvgIpc) is 2.91. The highest BCUT2D eigenvalue weighted by Crippen LogP contribution is 2.44. The number of methoxy groups -OCH3 is 2. The lowest BCUT2D eigenvalue weighted by molar-refractivity contribution is 0.341. The van der Waals surface area contributed by atoms with E-state index in [-0.39, 0.29) is 0 Å². The molecule has 0 bridgehead atoms. The molecule has 5 rings (SSSR count). The van der Waals surface area contributed by atoms with Crippen LogP contribution in [0.1, 0.15) is 60.8 Å². The molecular weight excluding hydrogens is 424 g/mol. The summed E-state index contributed by atoms with van der Waals surface area (Å²) in [6, 6.07) is 22.5. The molecule has 0 radical (unpaired) electrons. The van der Waals surface area contributed by atoms with Crippen molar-refractivity contribution < 1.29 is 14.3 Å². The van der Waals surface area contributed by atoms with E-state index >= 15 is 0 Å². The zero-order chi connectivity index (χ0) is 23.5. The fourth-order valence-electron chi connectivity index (χ4n) is 5.05. The van der Waals surface area contributed by atoms with E-state index in [0.717, 1.165) is 52.5 Å².